The van der Waals surface area contributed by atoms with Gasteiger partial charge in [0.05, 0.1) is 0 Å². The highest BCUT2D eigenvalue weighted by molar-refractivity contribution is 5.53. The second-order valence-corrected chi connectivity index (χ2v) is 4.66. The van der Waals surface area contributed by atoms with Crippen LogP contribution in [0.15, 0.2) is 24.3 Å². The molecule has 0 radical (unpaired) electrons. The average molecular weight is 235 g/mol. The van der Waals surface area contributed by atoms with Crippen molar-refractivity contribution in [3.63, 3.8) is 0 Å². The maximum atomic E-state index is 13.4. The van der Waals surface area contributed by atoms with E-state index >= 15 is 0 Å². The van der Waals surface area contributed by atoms with Gasteiger partial charge in [0.2, 0.25) is 0 Å². The molecule has 0 atom stereocenters. The lowest BCUT2D eigenvalue weighted by Crippen LogP contribution is -2.35. The molecule has 0 aromatic heterocycles. The van der Waals surface area contributed by atoms with Crippen molar-refractivity contribution in [2.45, 2.75) is 19.3 Å². The minimum atomic E-state index is -0.115. The standard InChI is InChI=1S/C14H18FNO/c15-14-4-2-1-3-13(14)7-10-16-8-5-12(11-17)6-9-16/h1-4,11-12H,5-10H2. The molecule has 0 N–H and O–H groups in total. The first-order valence-electron chi connectivity index (χ1n) is 6.20. The topological polar surface area (TPSA) is 20.3 Å². The van der Waals surface area contributed by atoms with Crippen LogP contribution in [0.5, 0.6) is 0 Å². The molecular weight excluding hydrogens is 217 g/mol. The van der Waals surface area contributed by atoms with Gasteiger partial charge in [-0.1, -0.05) is 18.2 Å². The SMILES string of the molecule is O=CC1CCN(CCc2ccccc2F)CC1. The Kier molecular flexibility index (Phi) is 4.26. The number of likely N-dealkylation sites (tertiary alicyclic amines) is 1. The zero-order chi connectivity index (χ0) is 12.1. The minimum Gasteiger partial charge on any atom is -0.303 e. The summed E-state index contributed by atoms with van der Waals surface area (Å²) >= 11 is 0. The van der Waals surface area contributed by atoms with E-state index in [9.17, 15) is 9.18 Å². The van der Waals surface area contributed by atoms with Crippen molar-refractivity contribution in [1.82, 2.24) is 4.90 Å². The highest BCUT2D eigenvalue weighted by Gasteiger charge is 2.18. The minimum absolute atomic E-state index is 0.115. The van der Waals surface area contributed by atoms with Crippen LogP contribution in [0.25, 0.3) is 0 Å². The molecule has 0 saturated carbocycles. The van der Waals surface area contributed by atoms with Crippen molar-refractivity contribution in [1.29, 1.82) is 0 Å². The van der Waals surface area contributed by atoms with E-state index in [1.807, 2.05) is 12.1 Å². The van der Waals surface area contributed by atoms with E-state index in [2.05, 4.69) is 4.90 Å². The molecule has 0 spiro atoms. The highest BCUT2D eigenvalue weighted by atomic mass is 19.1. The summed E-state index contributed by atoms with van der Waals surface area (Å²) in [5.74, 6) is 0.120. The van der Waals surface area contributed by atoms with Crippen LogP contribution < -0.4 is 0 Å². The van der Waals surface area contributed by atoms with Gasteiger partial charge in [-0.15, -0.1) is 0 Å². The monoisotopic (exact) mass is 235 g/mol. The Morgan fingerprint density at radius 3 is 2.65 bits per heavy atom. The van der Waals surface area contributed by atoms with Crippen molar-refractivity contribution >= 4 is 6.29 Å². The first-order chi connectivity index (χ1) is 8.29. The average Bonchev–Trinajstić information content (AvgIpc) is 2.38. The van der Waals surface area contributed by atoms with Crippen molar-refractivity contribution in [3.8, 4) is 0 Å². The van der Waals surface area contributed by atoms with Crippen LogP contribution in [0.4, 0.5) is 4.39 Å². The molecule has 1 fully saturated rings. The van der Waals surface area contributed by atoms with E-state index in [0.29, 0.717) is 0 Å². The van der Waals surface area contributed by atoms with Gasteiger partial charge in [0.1, 0.15) is 12.1 Å². The molecule has 2 rings (SSSR count). The molecule has 0 amide bonds. The van der Waals surface area contributed by atoms with Gasteiger partial charge in [-0.3, -0.25) is 0 Å². The third kappa shape index (κ3) is 3.37. The zero-order valence-electron chi connectivity index (χ0n) is 9.94. The Bertz CT molecular complexity index is 372. The van der Waals surface area contributed by atoms with E-state index in [0.717, 1.165) is 50.7 Å². The molecule has 1 aliphatic rings. The smallest absolute Gasteiger partial charge is 0.126 e. The number of carbonyl (C=O) groups excluding carboxylic acids is 1. The van der Waals surface area contributed by atoms with Crippen LogP contribution in [0.3, 0.4) is 0 Å². The molecule has 1 aromatic rings. The maximum absolute atomic E-state index is 13.4. The number of piperidine rings is 1. The molecule has 0 aliphatic carbocycles. The lowest BCUT2D eigenvalue weighted by molar-refractivity contribution is -0.112. The van der Waals surface area contributed by atoms with Gasteiger partial charge in [-0.2, -0.15) is 0 Å². The summed E-state index contributed by atoms with van der Waals surface area (Å²) in [5.41, 5.74) is 0.782. The highest BCUT2D eigenvalue weighted by Crippen LogP contribution is 2.15. The van der Waals surface area contributed by atoms with Crippen LogP contribution in [0.1, 0.15) is 18.4 Å². The van der Waals surface area contributed by atoms with E-state index < -0.39 is 0 Å². The summed E-state index contributed by atoms with van der Waals surface area (Å²) in [4.78, 5) is 12.9. The molecule has 3 heteroatoms. The molecule has 1 saturated heterocycles. The normalized spacial score (nSPS) is 18.2. The number of hydrogen-bond donors (Lipinski definition) is 0. The predicted octanol–water partition coefficient (Wildman–Crippen LogP) is 2.28. The zero-order valence-corrected chi connectivity index (χ0v) is 9.94. The number of rotatable bonds is 4. The molecule has 0 bridgehead atoms. The summed E-state index contributed by atoms with van der Waals surface area (Å²) in [5, 5.41) is 0. The van der Waals surface area contributed by atoms with Gasteiger partial charge < -0.3 is 9.69 Å². The third-order valence-corrected chi connectivity index (χ3v) is 3.48. The fourth-order valence-electron chi connectivity index (χ4n) is 2.29. The van der Waals surface area contributed by atoms with Crippen molar-refractivity contribution in [2.24, 2.45) is 5.92 Å². The molecule has 0 unspecified atom stereocenters. The lowest BCUT2D eigenvalue weighted by atomic mass is 9.98. The van der Waals surface area contributed by atoms with Gasteiger partial charge in [-0.25, -0.2) is 4.39 Å². The quantitative estimate of drug-likeness (QED) is 0.746. The van der Waals surface area contributed by atoms with Crippen LogP contribution in [0, 0.1) is 11.7 Å². The van der Waals surface area contributed by atoms with Crippen molar-refractivity contribution < 1.29 is 9.18 Å². The van der Waals surface area contributed by atoms with Crippen LogP contribution in [0.2, 0.25) is 0 Å². The summed E-state index contributed by atoms with van der Waals surface area (Å²) in [6.45, 7) is 2.79. The lowest BCUT2D eigenvalue weighted by Gasteiger charge is -2.29. The van der Waals surface area contributed by atoms with Gasteiger partial charge >= 0.3 is 0 Å². The van der Waals surface area contributed by atoms with E-state index in [-0.39, 0.29) is 11.7 Å². The van der Waals surface area contributed by atoms with Crippen molar-refractivity contribution in [2.75, 3.05) is 19.6 Å². The fraction of sp³-hybridized carbons (Fsp3) is 0.500. The molecule has 1 aromatic carbocycles. The number of nitrogens with zero attached hydrogens (tertiary/aromatic N) is 1. The fourth-order valence-corrected chi connectivity index (χ4v) is 2.29. The van der Waals surface area contributed by atoms with E-state index in [1.54, 1.807) is 6.07 Å². The summed E-state index contributed by atoms with van der Waals surface area (Å²) in [6.07, 6.45) is 3.70. The molecule has 2 nitrogen and oxygen atoms in total. The third-order valence-electron chi connectivity index (χ3n) is 3.48. The second-order valence-electron chi connectivity index (χ2n) is 4.66. The van der Waals surface area contributed by atoms with Gasteiger partial charge in [0, 0.05) is 12.5 Å². The maximum Gasteiger partial charge on any atom is 0.126 e. The molecule has 1 heterocycles. The number of benzene rings is 1. The summed E-state index contributed by atoms with van der Waals surface area (Å²) < 4.78 is 13.4. The summed E-state index contributed by atoms with van der Waals surface area (Å²) in [6, 6.07) is 6.94. The molecule has 1 aliphatic heterocycles. The van der Waals surface area contributed by atoms with Crippen LogP contribution in [-0.4, -0.2) is 30.8 Å². The van der Waals surface area contributed by atoms with Gasteiger partial charge in [0.15, 0.2) is 0 Å². The Balaban J connectivity index is 1.80. The van der Waals surface area contributed by atoms with Crippen LogP contribution >= 0.6 is 0 Å². The predicted molar refractivity (Wildman–Crippen MR) is 65.3 cm³/mol. The Hall–Kier alpha value is -1.22. The van der Waals surface area contributed by atoms with Gasteiger partial charge in [-0.05, 0) is 44.0 Å². The second kappa shape index (κ2) is 5.92. The van der Waals surface area contributed by atoms with E-state index in [1.165, 1.54) is 6.07 Å². The molecule has 92 valence electrons. The number of carbonyl (C=O) groups is 1. The Labute approximate surface area is 101 Å². The van der Waals surface area contributed by atoms with Gasteiger partial charge in [0.25, 0.3) is 0 Å². The first kappa shape index (κ1) is 12.2. The largest absolute Gasteiger partial charge is 0.303 e. The molecular formula is C14H18FNO. The number of aldehydes is 1. The summed E-state index contributed by atoms with van der Waals surface area (Å²) in [7, 11) is 0. The molecule has 17 heavy (non-hydrogen) atoms. The van der Waals surface area contributed by atoms with E-state index in [4.69, 9.17) is 0 Å². The van der Waals surface area contributed by atoms with Crippen molar-refractivity contribution in [3.05, 3.63) is 35.6 Å². The Morgan fingerprint density at radius 2 is 2.00 bits per heavy atom. The Morgan fingerprint density at radius 1 is 1.29 bits per heavy atom. The number of hydrogen-bond acceptors (Lipinski definition) is 2. The number of halogens is 1. The first-order valence-corrected chi connectivity index (χ1v) is 6.20. The van der Waals surface area contributed by atoms with Crippen LogP contribution in [-0.2, 0) is 11.2 Å².